The van der Waals surface area contributed by atoms with Gasteiger partial charge in [-0.2, -0.15) is 0 Å². The summed E-state index contributed by atoms with van der Waals surface area (Å²) in [5.74, 6) is 0.786. The van der Waals surface area contributed by atoms with E-state index in [1.54, 1.807) is 70.5 Å². The van der Waals surface area contributed by atoms with Crippen LogP contribution in [-0.2, 0) is 9.53 Å². The lowest BCUT2D eigenvalue weighted by Gasteiger charge is -2.30. The van der Waals surface area contributed by atoms with E-state index in [-0.39, 0.29) is 6.10 Å². The van der Waals surface area contributed by atoms with Crippen LogP contribution in [-0.4, -0.2) is 32.3 Å². The molecule has 2 N–H and O–H groups in total. The highest BCUT2D eigenvalue weighted by molar-refractivity contribution is 6.04. The zero-order chi connectivity index (χ0) is 21.0. The first kappa shape index (κ1) is 20.3. The van der Waals surface area contributed by atoms with Gasteiger partial charge in [-0.25, -0.2) is 9.59 Å². The van der Waals surface area contributed by atoms with Gasteiger partial charge in [-0.1, -0.05) is 12.1 Å². The van der Waals surface area contributed by atoms with Crippen molar-refractivity contribution < 1.29 is 23.8 Å². The molecule has 0 radical (unpaired) electrons. The van der Waals surface area contributed by atoms with Gasteiger partial charge in [-0.05, 0) is 61.4 Å². The third-order valence-electron chi connectivity index (χ3n) is 4.44. The van der Waals surface area contributed by atoms with E-state index >= 15 is 0 Å². The second-order valence-electron chi connectivity index (χ2n) is 6.78. The SMILES string of the molecule is COc1ccc(C2=C(C(=O)OC(C)C)C(c3cccc(OC)c3)NC(=O)N2)cc1. The van der Waals surface area contributed by atoms with Crippen molar-refractivity contribution in [3.8, 4) is 11.5 Å². The van der Waals surface area contributed by atoms with Gasteiger partial charge in [0.05, 0.1) is 37.6 Å². The normalized spacial score (nSPS) is 16.2. The molecular weight excluding hydrogens is 372 g/mol. The highest BCUT2D eigenvalue weighted by Gasteiger charge is 2.35. The fourth-order valence-corrected chi connectivity index (χ4v) is 3.12. The highest BCUT2D eigenvalue weighted by atomic mass is 16.5. The molecule has 1 heterocycles. The van der Waals surface area contributed by atoms with Gasteiger partial charge >= 0.3 is 12.0 Å². The molecule has 2 aromatic carbocycles. The molecule has 1 atom stereocenters. The zero-order valence-corrected chi connectivity index (χ0v) is 16.8. The van der Waals surface area contributed by atoms with E-state index in [9.17, 15) is 9.59 Å². The summed E-state index contributed by atoms with van der Waals surface area (Å²) < 4.78 is 16.0. The minimum Gasteiger partial charge on any atom is -0.497 e. The third-order valence-corrected chi connectivity index (χ3v) is 4.44. The number of amides is 2. The molecule has 7 heteroatoms. The molecule has 152 valence electrons. The lowest BCUT2D eigenvalue weighted by molar-refractivity contribution is -0.143. The molecule has 0 saturated carbocycles. The predicted octanol–water partition coefficient (Wildman–Crippen LogP) is 3.42. The number of carbonyl (C=O) groups excluding carboxylic acids is 2. The molecule has 0 aromatic heterocycles. The molecule has 1 aliphatic heterocycles. The summed E-state index contributed by atoms with van der Waals surface area (Å²) in [4.78, 5) is 25.5. The highest BCUT2D eigenvalue weighted by Crippen LogP contribution is 2.34. The number of ether oxygens (including phenoxy) is 3. The van der Waals surface area contributed by atoms with E-state index in [1.807, 2.05) is 6.07 Å². The van der Waals surface area contributed by atoms with Gasteiger partial charge in [0.2, 0.25) is 0 Å². The Morgan fingerprint density at radius 2 is 1.69 bits per heavy atom. The summed E-state index contributed by atoms with van der Waals surface area (Å²) in [6, 6.07) is 13.2. The lowest BCUT2D eigenvalue weighted by atomic mass is 9.92. The van der Waals surface area contributed by atoms with Gasteiger partial charge < -0.3 is 24.8 Å². The fourth-order valence-electron chi connectivity index (χ4n) is 3.12. The molecule has 0 bridgehead atoms. The van der Waals surface area contributed by atoms with E-state index in [1.165, 1.54) is 0 Å². The largest absolute Gasteiger partial charge is 0.497 e. The monoisotopic (exact) mass is 396 g/mol. The van der Waals surface area contributed by atoms with Crippen molar-refractivity contribution in [2.45, 2.75) is 26.0 Å². The second kappa shape index (κ2) is 8.68. The van der Waals surface area contributed by atoms with Crippen LogP contribution < -0.4 is 20.1 Å². The Morgan fingerprint density at radius 3 is 2.31 bits per heavy atom. The average Bonchev–Trinajstić information content (AvgIpc) is 2.72. The van der Waals surface area contributed by atoms with E-state index in [2.05, 4.69) is 10.6 Å². The Balaban J connectivity index is 2.16. The maximum absolute atomic E-state index is 13.0. The molecule has 1 aliphatic rings. The molecule has 0 saturated heterocycles. The van der Waals surface area contributed by atoms with Gasteiger partial charge in [0.25, 0.3) is 0 Å². The summed E-state index contributed by atoms with van der Waals surface area (Å²) >= 11 is 0. The number of hydrogen-bond acceptors (Lipinski definition) is 5. The molecule has 0 aliphatic carbocycles. The predicted molar refractivity (Wildman–Crippen MR) is 109 cm³/mol. The van der Waals surface area contributed by atoms with Crippen molar-refractivity contribution in [2.24, 2.45) is 0 Å². The van der Waals surface area contributed by atoms with E-state index in [0.29, 0.717) is 33.9 Å². The Kier molecular flexibility index (Phi) is 6.07. The van der Waals surface area contributed by atoms with Crippen LogP contribution in [0.1, 0.15) is 31.0 Å². The van der Waals surface area contributed by atoms with Crippen LogP contribution in [0.5, 0.6) is 11.5 Å². The van der Waals surface area contributed by atoms with Crippen LogP contribution in [0.15, 0.2) is 54.1 Å². The van der Waals surface area contributed by atoms with Crippen molar-refractivity contribution in [3.05, 3.63) is 65.2 Å². The molecule has 1 unspecified atom stereocenters. The Morgan fingerprint density at radius 1 is 1.00 bits per heavy atom. The number of esters is 1. The first-order valence-corrected chi connectivity index (χ1v) is 9.24. The second-order valence-corrected chi connectivity index (χ2v) is 6.78. The van der Waals surface area contributed by atoms with Crippen LogP contribution in [0.4, 0.5) is 4.79 Å². The first-order chi connectivity index (χ1) is 13.9. The fraction of sp³-hybridized carbons (Fsp3) is 0.273. The molecule has 29 heavy (non-hydrogen) atoms. The number of carbonyl (C=O) groups is 2. The molecule has 2 aromatic rings. The molecule has 3 rings (SSSR count). The Hall–Kier alpha value is -3.48. The summed E-state index contributed by atoms with van der Waals surface area (Å²) in [7, 11) is 3.14. The summed E-state index contributed by atoms with van der Waals surface area (Å²) in [5, 5.41) is 5.58. The molecular formula is C22H24N2O5. The van der Waals surface area contributed by atoms with Gasteiger partial charge in [0.15, 0.2) is 0 Å². The number of hydrogen-bond donors (Lipinski definition) is 2. The summed E-state index contributed by atoms with van der Waals surface area (Å²) in [5.41, 5.74) is 2.09. The molecule has 2 amide bonds. The van der Waals surface area contributed by atoms with Crippen LogP contribution in [0.25, 0.3) is 5.70 Å². The topological polar surface area (TPSA) is 85.9 Å². The van der Waals surface area contributed by atoms with Crippen LogP contribution in [0.3, 0.4) is 0 Å². The lowest BCUT2D eigenvalue weighted by Crippen LogP contribution is -2.45. The summed E-state index contributed by atoms with van der Waals surface area (Å²) in [6.07, 6.45) is -0.310. The van der Waals surface area contributed by atoms with Gasteiger partial charge in [0, 0.05) is 0 Å². The minimum atomic E-state index is -0.692. The maximum Gasteiger partial charge on any atom is 0.338 e. The van der Waals surface area contributed by atoms with E-state index in [0.717, 1.165) is 0 Å². The molecule has 7 nitrogen and oxygen atoms in total. The quantitative estimate of drug-likeness (QED) is 0.731. The molecule has 0 fully saturated rings. The number of methoxy groups -OCH3 is 2. The van der Waals surface area contributed by atoms with Crippen molar-refractivity contribution in [2.75, 3.05) is 14.2 Å². The van der Waals surface area contributed by atoms with Crippen molar-refractivity contribution >= 4 is 17.7 Å². The Bertz CT molecular complexity index is 934. The average molecular weight is 396 g/mol. The third kappa shape index (κ3) is 4.51. The van der Waals surface area contributed by atoms with Crippen molar-refractivity contribution in [1.82, 2.24) is 10.6 Å². The standard InChI is InChI=1S/C22H24N2O5/c1-13(2)29-21(25)18-19(14-8-10-16(27-3)11-9-14)23-22(26)24-20(18)15-6-5-7-17(12-15)28-4/h5-13,20H,1-4H3,(H2,23,24,26). The van der Waals surface area contributed by atoms with Crippen LogP contribution in [0, 0.1) is 0 Å². The Labute approximate surface area is 169 Å². The van der Waals surface area contributed by atoms with E-state index in [4.69, 9.17) is 14.2 Å². The van der Waals surface area contributed by atoms with Gasteiger partial charge in [-0.15, -0.1) is 0 Å². The maximum atomic E-state index is 13.0. The van der Waals surface area contributed by atoms with E-state index < -0.39 is 18.0 Å². The molecule has 0 spiro atoms. The number of benzene rings is 2. The van der Waals surface area contributed by atoms with Crippen molar-refractivity contribution in [1.29, 1.82) is 0 Å². The van der Waals surface area contributed by atoms with Crippen molar-refractivity contribution in [3.63, 3.8) is 0 Å². The van der Waals surface area contributed by atoms with Gasteiger partial charge in [-0.3, -0.25) is 0 Å². The zero-order valence-electron chi connectivity index (χ0n) is 16.8. The van der Waals surface area contributed by atoms with Crippen LogP contribution in [0.2, 0.25) is 0 Å². The van der Waals surface area contributed by atoms with Crippen LogP contribution >= 0.6 is 0 Å². The summed E-state index contributed by atoms with van der Waals surface area (Å²) in [6.45, 7) is 3.56. The number of urea groups is 1. The number of rotatable bonds is 6. The number of nitrogens with one attached hydrogen (secondary N) is 2. The minimum absolute atomic E-state index is 0.310. The first-order valence-electron chi connectivity index (χ1n) is 9.24. The van der Waals surface area contributed by atoms with Gasteiger partial charge in [0.1, 0.15) is 11.5 Å². The smallest absolute Gasteiger partial charge is 0.338 e.